The maximum atomic E-state index is 12.9. The quantitative estimate of drug-likeness (QED) is 0.543. The Morgan fingerprint density at radius 1 is 1.03 bits per heavy atom. The molecule has 3 aromatic rings. The van der Waals surface area contributed by atoms with Crippen molar-refractivity contribution in [3.8, 4) is 0 Å². The van der Waals surface area contributed by atoms with E-state index in [-0.39, 0.29) is 43.4 Å². The fourth-order valence-electron chi connectivity index (χ4n) is 3.12. The van der Waals surface area contributed by atoms with Gasteiger partial charge in [-0.1, -0.05) is 0 Å². The van der Waals surface area contributed by atoms with Crippen LogP contribution in [-0.4, -0.2) is 42.9 Å². The van der Waals surface area contributed by atoms with Gasteiger partial charge in [0.1, 0.15) is 0 Å². The summed E-state index contributed by atoms with van der Waals surface area (Å²) in [4.78, 5) is 35.4. The maximum absolute atomic E-state index is 12.9. The summed E-state index contributed by atoms with van der Waals surface area (Å²) in [6, 6.07) is 3.59. The van der Waals surface area contributed by atoms with Crippen molar-refractivity contribution in [1.29, 1.82) is 0 Å². The molecule has 0 saturated carbocycles. The van der Waals surface area contributed by atoms with E-state index in [2.05, 4.69) is 30.7 Å². The van der Waals surface area contributed by atoms with Crippen LogP contribution in [0.15, 0.2) is 24.5 Å². The average Bonchev–Trinajstić information content (AvgIpc) is 3.17. The Labute approximate surface area is 181 Å². The number of nitrogens with zero attached hydrogens (tertiary/aromatic N) is 5. The van der Waals surface area contributed by atoms with Gasteiger partial charge in [-0.15, -0.1) is 5.10 Å². The van der Waals surface area contributed by atoms with Crippen LogP contribution in [0.2, 0.25) is 0 Å². The number of halogens is 3. The molecule has 170 valence electrons. The second kappa shape index (κ2) is 9.71. The first-order valence-corrected chi connectivity index (χ1v) is 9.87. The largest absolute Gasteiger partial charge is 0.453 e. The molecule has 2 amide bonds. The Morgan fingerprint density at radius 2 is 1.72 bits per heavy atom. The SMILES string of the molecule is Cc1nc2nc(C(F)(F)F)nn2c(C)c1CCC(=O)NCCC(=O)NCc1ccncc1. The summed E-state index contributed by atoms with van der Waals surface area (Å²) >= 11 is 0. The lowest BCUT2D eigenvalue weighted by Crippen LogP contribution is -2.30. The molecule has 0 atom stereocenters. The number of aromatic nitrogens is 5. The van der Waals surface area contributed by atoms with Crippen LogP contribution >= 0.6 is 0 Å². The maximum Gasteiger partial charge on any atom is 0.453 e. The van der Waals surface area contributed by atoms with Crippen LogP contribution in [0.25, 0.3) is 5.78 Å². The molecule has 0 saturated heterocycles. The van der Waals surface area contributed by atoms with E-state index in [0.29, 0.717) is 23.5 Å². The Morgan fingerprint density at radius 3 is 2.41 bits per heavy atom. The van der Waals surface area contributed by atoms with Crippen LogP contribution in [-0.2, 0) is 28.7 Å². The number of alkyl halides is 3. The van der Waals surface area contributed by atoms with Crippen LogP contribution in [0, 0.1) is 13.8 Å². The number of amides is 2. The van der Waals surface area contributed by atoms with Gasteiger partial charge >= 0.3 is 6.18 Å². The number of nitrogens with one attached hydrogen (secondary N) is 2. The molecule has 32 heavy (non-hydrogen) atoms. The Bertz CT molecular complexity index is 1110. The van der Waals surface area contributed by atoms with Gasteiger partial charge in [0.25, 0.3) is 11.6 Å². The average molecular weight is 449 g/mol. The van der Waals surface area contributed by atoms with Crippen molar-refractivity contribution >= 4 is 17.6 Å². The third-order valence-corrected chi connectivity index (χ3v) is 4.82. The molecular weight excluding hydrogens is 427 g/mol. The molecular formula is C20H22F3N7O2. The minimum Gasteiger partial charge on any atom is -0.356 e. The molecule has 12 heteroatoms. The van der Waals surface area contributed by atoms with E-state index < -0.39 is 12.0 Å². The first-order valence-electron chi connectivity index (χ1n) is 9.87. The highest BCUT2D eigenvalue weighted by Crippen LogP contribution is 2.27. The molecule has 0 aliphatic heterocycles. The number of rotatable bonds is 8. The fourth-order valence-corrected chi connectivity index (χ4v) is 3.12. The molecule has 0 spiro atoms. The summed E-state index contributed by atoms with van der Waals surface area (Å²) in [5.41, 5.74) is 2.48. The number of carbonyl (C=O) groups is 2. The lowest BCUT2D eigenvalue weighted by atomic mass is 10.1. The first-order chi connectivity index (χ1) is 15.1. The van der Waals surface area contributed by atoms with E-state index in [1.165, 1.54) is 0 Å². The number of fused-ring (bicyclic) bond motifs is 1. The molecule has 9 nitrogen and oxygen atoms in total. The molecule has 0 aliphatic rings. The van der Waals surface area contributed by atoms with E-state index in [0.717, 1.165) is 10.1 Å². The van der Waals surface area contributed by atoms with E-state index in [1.807, 2.05) is 0 Å². The second-order valence-corrected chi connectivity index (χ2v) is 7.14. The van der Waals surface area contributed by atoms with E-state index in [4.69, 9.17) is 0 Å². The monoisotopic (exact) mass is 449 g/mol. The van der Waals surface area contributed by atoms with E-state index in [1.54, 1.807) is 38.4 Å². The van der Waals surface area contributed by atoms with Crippen molar-refractivity contribution in [3.63, 3.8) is 0 Å². The number of pyridine rings is 1. The van der Waals surface area contributed by atoms with Gasteiger partial charge < -0.3 is 10.6 Å². The topological polar surface area (TPSA) is 114 Å². The Kier molecular flexibility index (Phi) is 7.01. The molecule has 2 N–H and O–H groups in total. The fraction of sp³-hybridized carbons (Fsp3) is 0.400. The van der Waals surface area contributed by atoms with Crippen LogP contribution in [0.1, 0.15) is 41.2 Å². The minimum absolute atomic E-state index is 0.0916. The van der Waals surface area contributed by atoms with Crippen molar-refractivity contribution in [2.45, 2.75) is 45.8 Å². The van der Waals surface area contributed by atoms with Crippen molar-refractivity contribution in [2.75, 3.05) is 6.54 Å². The van der Waals surface area contributed by atoms with Gasteiger partial charge in [-0.2, -0.15) is 18.2 Å². The number of hydrogen-bond acceptors (Lipinski definition) is 6. The molecule has 0 radical (unpaired) electrons. The molecule has 0 bridgehead atoms. The van der Waals surface area contributed by atoms with Crippen LogP contribution in [0.4, 0.5) is 13.2 Å². The van der Waals surface area contributed by atoms with Crippen molar-refractivity contribution in [1.82, 2.24) is 35.2 Å². The van der Waals surface area contributed by atoms with Crippen LogP contribution < -0.4 is 10.6 Å². The summed E-state index contributed by atoms with van der Waals surface area (Å²) in [7, 11) is 0. The van der Waals surface area contributed by atoms with Crippen LogP contribution in [0.3, 0.4) is 0 Å². The third-order valence-electron chi connectivity index (χ3n) is 4.82. The summed E-state index contributed by atoms with van der Waals surface area (Å²) in [6.07, 6.45) is -0.913. The lowest BCUT2D eigenvalue weighted by molar-refractivity contribution is -0.144. The van der Waals surface area contributed by atoms with E-state index >= 15 is 0 Å². The normalized spacial score (nSPS) is 11.5. The smallest absolute Gasteiger partial charge is 0.356 e. The summed E-state index contributed by atoms with van der Waals surface area (Å²) in [5.74, 6) is -1.88. The van der Waals surface area contributed by atoms with Gasteiger partial charge in [-0.05, 0) is 43.5 Å². The van der Waals surface area contributed by atoms with Crippen molar-refractivity contribution in [2.24, 2.45) is 0 Å². The summed E-state index contributed by atoms with van der Waals surface area (Å²) < 4.78 is 39.7. The van der Waals surface area contributed by atoms with Gasteiger partial charge in [-0.25, -0.2) is 9.50 Å². The van der Waals surface area contributed by atoms with Gasteiger partial charge in [0.15, 0.2) is 0 Å². The van der Waals surface area contributed by atoms with Gasteiger partial charge in [0, 0.05) is 49.7 Å². The summed E-state index contributed by atoms with van der Waals surface area (Å²) in [6.45, 7) is 3.81. The standard InChI is InChI=1S/C20H22F3N7O2/c1-12-15(13(2)30-19(27-12)28-18(29-30)20(21,22)23)3-4-16(31)25-10-7-17(32)26-11-14-5-8-24-9-6-14/h5-6,8-9H,3-4,7,10-11H2,1-2H3,(H,25,31)(H,26,32). The molecule has 3 rings (SSSR count). The lowest BCUT2D eigenvalue weighted by Gasteiger charge is -2.10. The highest BCUT2D eigenvalue weighted by molar-refractivity contribution is 5.79. The predicted octanol–water partition coefficient (Wildman–Crippen LogP) is 1.91. The number of aryl methyl sites for hydroxylation is 2. The summed E-state index contributed by atoms with van der Waals surface area (Å²) in [5, 5.41) is 8.91. The van der Waals surface area contributed by atoms with Gasteiger partial charge in [-0.3, -0.25) is 14.6 Å². The zero-order chi connectivity index (χ0) is 23.3. The molecule has 3 aromatic heterocycles. The second-order valence-electron chi connectivity index (χ2n) is 7.14. The molecule has 0 aromatic carbocycles. The molecule has 3 heterocycles. The zero-order valence-corrected chi connectivity index (χ0v) is 17.5. The highest BCUT2D eigenvalue weighted by atomic mass is 19.4. The third kappa shape index (κ3) is 5.77. The Balaban J connectivity index is 1.49. The van der Waals surface area contributed by atoms with E-state index in [9.17, 15) is 22.8 Å². The van der Waals surface area contributed by atoms with Crippen molar-refractivity contribution in [3.05, 3.63) is 52.9 Å². The van der Waals surface area contributed by atoms with Gasteiger partial charge in [0.05, 0.1) is 0 Å². The van der Waals surface area contributed by atoms with Gasteiger partial charge in [0.2, 0.25) is 11.8 Å². The highest BCUT2D eigenvalue weighted by Gasteiger charge is 2.36. The number of hydrogen-bond donors (Lipinski definition) is 2. The number of carbonyl (C=O) groups excluding carboxylic acids is 2. The molecule has 0 fully saturated rings. The predicted molar refractivity (Wildman–Crippen MR) is 107 cm³/mol. The van der Waals surface area contributed by atoms with Crippen LogP contribution in [0.5, 0.6) is 0 Å². The van der Waals surface area contributed by atoms with Crippen molar-refractivity contribution < 1.29 is 22.8 Å². The zero-order valence-electron chi connectivity index (χ0n) is 17.5. The Hall–Kier alpha value is -3.57. The molecule has 0 unspecified atom stereocenters. The first kappa shape index (κ1) is 23.1. The molecule has 0 aliphatic carbocycles. The minimum atomic E-state index is -4.67.